The summed E-state index contributed by atoms with van der Waals surface area (Å²) in [5.41, 5.74) is -6.38. The van der Waals surface area contributed by atoms with E-state index in [4.69, 9.17) is 15.5 Å². The molecule has 1 aromatic rings. The van der Waals surface area contributed by atoms with Crippen molar-refractivity contribution in [2.75, 3.05) is 0 Å². The Balaban J connectivity index is 3.74. The molecule has 0 radical (unpaired) electrons. The first kappa shape index (κ1) is 16.8. The molecule has 0 heterocycles. The van der Waals surface area contributed by atoms with E-state index in [1.165, 1.54) is 0 Å². The lowest BCUT2D eigenvalue weighted by Gasteiger charge is -2.18. The smallest absolute Gasteiger partial charge is 0.417 e. The summed E-state index contributed by atoms with van der Waals surface area (Å²) >= 11 is 0. The van der Waals surface area contributed by atoms with E-state index in [2.05, 4.69) is 0 Å². The molecule has 0 aliphatic heterocycles. The monoisotopic (exact) mass is 313 g/mol. The number of hydrogen-bond acceptors (Lipinski definition) is 3. The maximum Gasteiger partial charge on any atom is 0.417 e. The molecule has 1 atom stereocenters. The molecule has 1 rings (SSSR count). The molecule has 1 unspecified atom stereocenters. The summed E-state index contributed by atoms with van der Waals surface area (Å²) < 4.78 is 76.0. The Bertz CT molecular complexity index is 614. The van der Waals surface area contributed by atoms with Crippen molar-refractivity contribution in [2.24, 2.45) is 0 Å². The first-order valence-corrected chi connectivity index (χ1v) is 5.03. The van der Waals surface area contributed by atoms with Gasteiger partial charge in [-0.2, -0.15) is 31.6 Å². The molecular weight excluding hydrogens is 308 g/mol. The number of hydrogen-bond donors (Lipinski definition) is 2. The largest absolute Gasteiger partial charge is 0.479 e. The van der Waals surface area contributed by atoms with Gasteiger partial charge < -0.3 is 10.2 Å². The van der Waals surface area contributed by atoms with Crippen LogP contribution < -0.4 is 0 Å². The normalized spacial score (nSPS) is 13.6. The molecule has 0 fully saturated rings. The highest BCUT2D eigenvalue weighted by Gasteiger charge is 2.42. The molecule has 114 valence electrons. The molecular formula is C11H5F6NO3. The van der Waals surface area contributed by atoms with Crippen molar-refractivity contribution in [3.05, 3.63) is 34.4 Å². The number of carboxylic acid groups (broad SMARTS) is 1. The van der Waals surface area contributed by atoms with Crippen LogP contribution in [-0.4, -0.2) is 16.2 Å². The van der Waals surface area contributed by atoms with E-state index in [-0.39, 0.29) is 12.1 Å². The first-order valence-electron chi connectivity index (χ1n) is 5.03. The van der Waals surface area contributed by atoms with E-state index in [9.17, 15) is 31.1 Å². The molecule has 21 heavy (non-hydrogen) atoms. The zero-order valence-corrected chi connectivity index (χ0v) is 9.75. The number of aliphatic carboxylic acids is 1. The van der Waals surface area contributed by atoms with Crippen LogP contribution >= 0.6 is 0 Å². The summed E-state index contributed by atoms with van der Waals surface area (Å²) in [5, 5.41) is 26.2. The Morgan fingerprint density at radius 1 is 1.10 bits per heavy atom. The van der Waals surface area contributed by atoms with Gasteiger partial charge in [0.25, 0.3) is 0 Å². The second-order valence-corrected chi connectivity index (χ2v) is 3.83. The summed E-state index contributed by atoms with van der Waals surface area (Å²) in [7, 11) is 0. The minimum absolute atomic E-state index is 0.0738. The Morgan fingerprint density at radius 2 is 1.57 bits per heavy atom. The van der Waals surface area contributed by atoms with E-state index in [0.717, 1.165) is 6.07 Å². The first-order chi connectivity index (χ1) is 9.39. The number of nitrogens with zero attached hydrogens (tertiary/aromatic N) is 1. The molecule has 4 nitrogen and oxygen atoms in total. The highest BCUT2D eigenvalue weighted by molar-refractivity contribution is 5.75. The van der Waals surface area contributed by atoms with Crippen LogP contribution in [0.4, 0.5) is 26.3 Å². The average Bonchev–Trinajstić information content (AvgIpc) is 2.33. The van der Waals surface area contributed by atoms with Crippen LogP contribution in [0.15, 0.2) is 12.1 Å². The number of carbonyl (C=O) groups is 1. The van der Waals surface area contributed by atoms with Crippen molar-refractivity contribution in [1.82, 2.24) is 0 Å². The van der Waals surface area contributed by atoms with E-state index in [1.54, 1.807) is 0 Å². The van der Waals surface area contributed by atoms with Gasteiger partial charge in [-0.3, -0.25) is 0 Å². The summed E-state index contributed by atoms with van der Waals surface area (Å²) in [6, 6.07) is 0.709. The van der Waals surface area contributed by atoms with Gasteiger partial charge in [0.15, 0.2) is 6.10 Å². The Labute approximate surface area is 112 Å². The highest BCUT2D eigenvalue weighted by atomic mass is 19.4. The predicted molar refractivity (Wildman–Crippen MR) is 53.8 cm³/mol. The third-order valence-electron chi connectivity index (χ3n) is 2.45. The zero-order chi connectivity index (χ0) is 16.6. The van der Waals surface area contributed by atoms with Gasteiger partial charge >= 0.3 is 18.3 Å². The fourth-order valence-corrected chi connectivity index (χ4v) is 1.55. The van der Waals surface area contributed by atoms with Crippen molar-refractivity contribution in [3.8, 4) is 6.07 Å². The van der Waals surface area contributed by atoms with Crippen molar-refractivity contribution in [3.63, 3.8) is 0 Å². The highest BCUT2D eigenvalue weighted by Crippen LogP contribution is 2.40. The summed E-state index contributed by atoms with van der Waals surface area (Å²) in [6.07, 6.45) is -13.3. The number of nitriles is 1. The third-order valence-corrected chi connectivity index (χ3v) is 2.45. The maximum absolute atomic E-state index is 12.7. The van der Waals surface area contributed by atoms with Crippen LogP contribution in [0.1, 0.15) is 28.4 Å². The van der Waals surface area contributed by atoms with Crippen LogP contribution in [0.2, 0.25) is 0 Å². The molecule has 0 bridgehead atoms. The fraction of sp³-hybridized carbons (Fsp3) is 0.273. The number of halogens is 6. The SMILES string of the molecule is N#Cc1cc(C(O)C(=O)O)c(C(F)(F)F)cc1C(F)(F)F. The van der Waals surface area contributed by atoms with Crippen LogP contribution in [0.5, 0.6) is 0 Å². The number of rotatable bonds is 2. The molecule has 0 spiro atoms. The Kier molecular flexibility index (Phi) is 4.19. The van der Waals surface area contributed by atoms with Gasteiger partial charge in [0.05, 0.1) is 22.8 Å². The molecule has 1 aromatic carbocycles. The van der Waals surface area contributed by atoms with E-state index < -0.39 is 46.7 Å². The number of aliphatic hydroxyl groups is 1. The standard InChI is InChI=1S/C11H5F6NO3/c12-10(13,14)6-2-7(11(15,16)17)5(1-4(6)3-18)8(19)9(20)21/h1-2,8,19H,(H,20,21). The lowest BCUT2D eigenvalue weighted by Crippen LogP contribution is -2.20. The fourth-order valence-electron chi connectivity index (χ4n) is 1.55. The summed E-state index contributed by atoms with van der Waals surface area (Å²) in [4.78, 5) is 10.5. The van der Waals surface area contributed by atoms with Crippen LogP contribution in [0.25, 0.3) is 0 Å². The van der Waals surface area contributed by atoms with Crippen LogP contribution in [0.3, 0.4) is 0 Å². The lowest BCUT2D eigenvalue weighted by molar-refractivity contribution is -0.149. The quantitative estimate of drug-likeness (QED) is 0.823. The molecule has 0 aliphatic carbocycles. The summed E-state index contributed by atoms with van der Waals surface area (Å²) in [6.45, 7) is 0. The molecule has 0 aliphatic rings. The van der Waals surface area contributed by atoms with Crippen molar-refractivity contribution < 1.29 is 41.4 Å². The zero-order valence-electron chi connectivity index (χ0n) is 9.75. The van der Waals surface area contributed by atoms with Gasteiger partial charge in [0, 0.05) is 5.56 Å². The van der Waals surface area contributed by atoms with E-state index in [0.29, 0.717) is 0 Å². The number of aliphatic hydroxyl groups excluding tert-OH is 1. The Hall–Kier alpha value is -2.28. The van der Waals surface area contributed by atoms with Crippen molar-refractivity contribution in [1.29, 1.82) is 5.26 Å². The average molecular weight is 313 g/mol. The van der Waals surface area contributed by atoms with E-state index in [1.807, 2.05) is 0 Å². The van der Waals surface area contributed by atoms with Gasteiger partial charge in [0.2, 0.25) is 0 Å². The second kappa shape index (κ2) is 5.25. The topological polar surface area (TPSA) is 81.3 Å². The van der Waals surface area contributed by atoms with Crippen LogP contribution in [-0.2, 0) is 17.1 Å². The predicted octanol–water partition coefficient (Wildman–Crippen LogP) is 2.71. The molecule has 0 aromatic heterocycles. The van der Waals surface area contributed by atoms with Gasteiger partial charge in [-0.25, -0.2) is 4.79 Å². The Morgan fingerprint density at radius 3 is 1.90 bits per heavy atom. The molecule has 0 saturated carbocycles. The number of carboxylic acids is 1. The second-order valence-electron chi connectivity index (χ2n) is 3.83. The van der Waals surface area contributed by atoms with Gasteiger partial charge in [-0.05, 0) is 12.1 Å². The number of benzene rings is 1. The van der Waals surface area contributed by atoms with E-state index >= 15 is 0 Å². The van der Waals surface area contributed by atoms with Gasteiger partial charge in [0.1, 0.15) is 0 Å². The van der Waals surface area contributed by atoms with Gasteiger partial charge in [-0.15, -0.1) is 0 Å². The summed E-state index contributed by atoms with van der Waals surface area (Å²) in [5.74, 6) is -2.09. The van der Waals surface area contributed by atoms with Crippen LogP contribution in [0, 0.1) is 11.3 Å². The lowest BCUT2D eigenvalue weighted by atomic mass is 9.94. The minimum atomic E-state index is -5.33. The minimum Gasteiger partial charge on any atom is -0.479 e. The number of alkyl halides is 6. The van der Waals surface area contributed by atoms with Crippen molar-refractivity contribution >= 4 is 5.97 Å². The van der Waals surface area contributed by atoms with Crippen molar-refractivity contribution in [2.45, 2.75) is 18.5 Å². The maximum atomic E-state index is 12.7. The molecule has 10 heteroatoms. The third kappa shape index (κ3) is 3.43. The molecule has 0 saturated heterocycles. The van der Waals surface area contributed by atoms with Gasteiger partial charge in [-0.1, -0.05) is 0 Å². The molecule has 2 N–H and O–H groups in total. The molecule has 0 amide bonds.